The van der Waals surface area contributed by atoms with E-state index in [-0.39, 0.29) is 11.1 Å². The van der Waals surface area contributed by atoms with Crippen LogP contribution >= 0.6 is 0 Å². The van der Waals surface area contributed by atoms with Gasteiger partial charge in [0, 0.05) is 58.8 Å². The Morgan fingerprint density at radius 1 is 0.421 bits per heavy atom. The summed E-state index contributed by atoms with van der Waals surface area (Å²) in [5, 5.41) is 0. The normalized spacial score (nSPS) is 17.9. The van der Waals surface area contributed by atoms with Crippen LogP contribution in [0.5, 0.6) is 0 Å². The van der Waals surface area contributed by atoms with Crippen LogP contribution in [0.4, 0.5) is 55.3 Å². The summed E-state index contributed by atoms with van der Waals surface area (Å²) in [5.74, 6) is -20.3. The molecular weight excluding hydrogens is 991 g/mol. The molecule has 0 spiro atoms. The first-order valence-electron chi connectivity index (χ1n) is 24.5. The lowest BCUT2D eigenvalue weighted by Gasteiger charge is -2.31. The van der Waals surface area contributed by atoms with Gasteiger partial charge in [-0.1, -0.05) is 84.9 Å². The monoisotopic (exact) mass is 1040 g/mol. The smallest absolute Gasteiger partial charge is 0.200 e. The van der Waals surface area contributed by atoms with E-state index in [1.54, 1.807) is 12.1 Å². The average Bonchev–Trinajstić information content (AvgIpc) is 3.92. The number of nitrogens with zero attached hydrogens (tertiary/aromatic N) is 4. The van der Waals surface area contributed by atoms with E-state index in [1.165, 1.54) is 24.3 Å². The van der Waals surface area contributed by atoms with Crippen molar-refractivity contribution in [2.24, 2.45) is 0 Å². The maximum absolute atomic E-state index is 15.5. The van der Waals surface area contributed by atoms with E-state index in [4.69, 9.17) is 0 Å². The highest BCUT2D eigenvalue weighted by atomic mass is 19.2. The van der Waals surface area contributed by atoms with Gasteiger partial charge in [0.15, 0.2) is 59.0 Å². The first-order chi connectivity index (χ1) is 36.0. The molecule has 2 atom stereocenters. The van der Waals surface area contributed by atoms with Crippen LogP contribution in [-0.4, -0.2) is 49.8 Å². The molecule has 390 valence electrons. The summed E-state index contributed by atoms with van der Waals surface area (Å²) in [6.45, 7) is 8.58. The predicted octanol–water partition coefficient (Wildman–Crippen LogP) is 14.5. The molecule has 0 bridgehead atoms. The van der Waals surface area contributed by atoms with Crippen molar-refractivity contribution in [3.05, 3.63) is 235 Å². The second kappa shape index (κ2) is 20.4. The SMILES string of the molecule is Cc1ccccc1CC1(C)/C(=C\C=[N+](C)C)N(Cc2ccc(CN3/C(=C/C=[N+](C)C)C(C)(Cc4ccccc4C)c4cc(-c5c(F)c(F)c(F)c(F)c5F)ccc43)cc2)c2ccc(-c3c(F)c(F)c(F)c(F)c3F)cc21. The molecule has 0 radical (unpaired) electrons. The summed E-state index contributed by atoms with van der Waals surface area (Å²) in [7, 11) is 7.49. The molecule has 76 heavy (non-hydrogen) atoms. The molecule has 2 unspecified atom stereocenters. The highest BCUT2D eigenvalue weighted by molar-refractivity contribution is 5.83. The lowest BCUT2D eigenvalue weighted by molar-refractivity contribution is -0.458. The first-order valence-corrected chi connectivity index (χ1v) is 24.5. The number of anilines is 2. The number of benzene rings is 7. The Hall–Kier alpha value is -7.74. The Morgan fingerprint density at radius 2 is 0.737 bits per heavy atom. The maximum Gasteiger partial charge on any atom is 0.200 e. The Bertz CT molecular complexity index is 3320. The summed E-state index contributed by atoms with van der Waals surface area (Å²) < 4.78 is 153. The third kappa shape index (κ3) is 9.29. The van der Waals surface area contributed by atoms with Gasteiger partial charge in [-0.05, 0) is 120 Å². The van der Waals surface area contributed by atoms with Gasteiger partial charge in [-0.25, -0.2) is 53.1 Å². The molecule has 2 aliphatic heterocycles. The van der Waals surface area contributed by atoms with Gasteiger partial charge in [-0.15, -0.1) is 0 Å². The van der Waals surface area contributed by atoms with Crippen LogP contribution in [0.25, 0.3) is 22.3 Å². The highest BCUT2D eigenvalue weighted by Gasteiger charge is 2.46. The van der Waals surface area contributed by atoms with E-state index in [0.29, 0.717) is 48.4 Å². The maximum atomic E-state index is 15.5. The molecule has 0 aliphatic carbocycles. The molecule has 7 aromatic rings. The minimum atomic E-state index is -2.24. The predicted molar refractivity (Wildman–Crippen MR) is 279 cm³/mol. The van der Waals surface area contributed by atoms with Crippen molar-refractivity contribution in [2.75, 3.05) is 38.0 Å². The molecule has 0 N–H and O–H groups in total. The van der Waals surface area contributed by atoms with Gasteiger partial charge in [-0.2, -0.15) is 0 Å². The largest absolute Gasteiger partial charge is 0.339 e. The molecule has 0 amide bonds. The van der Waals surface area contributed by atoms with Crippen LogP contribution in [0, 0.1) is 72.0 Å². The van der Waals surface area contributed by atoms with Crippen molar-refractivity contribution in [1.29, 1.82) is 0 Å². The van der Waals surface area contributed by atoms with Crippen LogP contribution < -0.4 is 9.80 Å². The third-order valence-corrected chi connectivity index (χ3v) is 14.8. The fraction of sp³-hybridized carbons (Fsp3) is 0.226. The van der Waals surface area contributed by atoms with Gasteiger partial charge in [0.05, 0.1) is 11.1 Å². The van der Waals surface area contributed by atoms with Gasteiger partial charge >= 0.3 is 0 Å². The fourth-order valence-corrected chi connectivity index (χ4v) is 10.8. The number of hydrogen-bond acceptors (Lipinski definition) is 2. The van der Waals surface area contributed by atoms with E-state index >= 15 is 17.6 Å². The van der Waals surface area contributed by atoms with E-state index in [2.05, 4.69) is 9.80 Å². The Balaban J connectivity index is 1.13. The molecule has 2 heterocycles. The third-order valence-electron chi connectivity index (χ3n) is 14.8. The van der Waals surface area contributed by atoms with Crippen molar-refractivity contribution in [2.45, 2.75) is 64.5 Å². The molecule has 7 aromatic carbocycles. The second-order valence-corrected chi connectivity index (χ2v) is 20.5. The van der Waals surface area contributed by atoms with E-state index in [1.807, 2.05) is 162 Å². The minimum absolute atomic E-state index is 0.173. The van der Waals surface area contributed by atoms with Crippen LogP contribution in [-0.2, 0) is 36.8 Å². The van der Waals surface area contributed by atoms with Crippen LogP contribution in [0.3, 0.4) is 0 Å². The second-order valence-electron chi connectivity index (χ2n) is 20.5. The van der Waals surface area contributed by atoms with E-state index in [0.717, 1.165) is 44.8 Å². The molecule has 14 heteroatoms. The van der Waals surface area contributed by atoms with Gasteiger partial charge in [0.25, 0.3) is 0 Å². The summed E-state index contributed by atoms with van der Waals surface area (Å²) >= 11 is 0. The quantitative estimate of drug-likeness (QED) is 0.0398. The Morgan fingerprint density at radius 3 is 1.05 bits per heavy atom. The van der Waals surface area contributed by atoms with Crippen molar-refractivity contribution < 1.29 is 53.1 Å². The number of rotatable bonds is 12. The summed E-state index contributed by atoms with van der Waals surface area (Å²) in [6, 6.07) is 32.6. The number of allylic oxidation sites excluding steroid dienone is 4. The summed E-state index contributed by atoms with van der Waals surface area (Å²) in [6.07, 6.45) is 8.56. The van der Waals surface area contributed by atoms with Crippen molar-refractivity contribution in [3.8, 4) is 22.3 Å². The standard InChI is InChI=1S/C62H54F10N4/c1-35-13-9-11-15-41(35)31-61(3)43-29-39(49-51(63)55(67)59(71)56(68)52(49)64)21-23-45(43)75(47(61)25-27-73(5)6)33-37-17-19-38(20-18-37)34-76-46-24-22-40(50-53(65)57(69)60(72)58(70)54(50)66)30-44(46)62(4,48(76)26-28-74(7)8)32-42-16-12-10-14-36(42)2/h9-30H,31-34H2,1-8H3/q+2. The number of hydrogen-bond donors (Lipinski definition) is 0. The van der Waals surface area contributed by atoms with Crippen molar-refractivity contribution in [3.63, 3.8) is 0 Å². The number of aryl methyl sites for hydroxylation is 2. The zero-order valence-electron chi connectivity index (χ0n) is 43.1. The fourth-order valence-electron chi connectivity index (χ4n) is 10.8. The van der Waals surface area contributed by atoms with Gasteiger partial charge in [0.2, 0.25) is 11.6 Å². The zero-order valence-corrected chi connectivity index (χ0v) is 43.1. The van der Waals surface area contributed by atoms with Gasteiger partial charge in [-0.3, -0.25) is 0 Å². The van der Waals surface area contributed by atoms with Gasteiger partial charge < -0.3 is 9.80 Å². The Kier molecular flexibility index (Phi) is 14.3. The van der Waals surface area contributed by atoms with E-state index in [9.17, 15) is 26.3 Å². The molecule has 9 rings (SSSR count). The molecule has 0 saturated heterocycles. The molecule has 0 saturated carbocycles. The molecular formula is C62H54F10N4+2. The highest BCUT2D eigenvalue weighted by Crippen LogP contribution is 2.54. The lowest BCUT2D eigenvalue weighted by Crippen LogP contribution is -2.31. The van der Waals surface area contributed by atoms with Crippen LogP contribution in [0.1, 0.15) is 58.4 Å². The van der Waals surface area contributed by atoms with Crippen molar-refractivity contribution >= 4 is 23.8 Å². The molecule has 0 fully saturated rings. The van der Waals surface area contributed by atoms with Crippen LogP contribution in [0.2, 0.25) is 0 Å². The van der Waals surface area contributed by atoms with Crippen molar-refractivity contribution in [1.82, 2.24) is 0 Å². The molecule has 2 aliphatic rings. The first kappa shape index (κ1) is 53.1. The minimum Gasteiger partial charge on any atom is -0.339 e. The van der Waals surface area contributed by atoms with Gasteiger partial charge in [0.1, 0.15) is 28.2 Å². The van der Waals surface area contributed by atoms with E-state index < -0.39 is 80.1 Å². The lowest BCUT2D eigenvalue weighted by atomic mass is 9.75. The molecule has 4 nitrogen and oxygen atoms in total. The summed E-state index contributed by atoms with van der Waals surface area (Å²) in [4.78, 5) is 4.19. The molecule has 0 aromatic heterocycles. The topological polar surface area (TPSA) is 12.5 Å². The number of halogens is 10. The average molecular weight is 1050 g/mol. The summed E-state index contributed by atoms with van der Waals surface area (Å²) in [5.41, 5.74) is 5.74. The zero-order chi connectivity index (χ0) is 54.7. The number of fused-ring (bicyclic) bond motifs is 2. The van der Waals surface area contributed by atoms with Crippen LogP contribution in [0.15, 0.2) is 133 Å². The Labute approximate surface area is 435 Å².